The van der Waals surface area contributed by atoms with Crippen LogP contribution in [0.1, 0.15) is 43.0 Å². The number of H-pyrrole nitrogens is 1. The molecule has 224 valence electrons. The van der Waals surface area contributed by atoms with Crippen LogP contribution in [0.15, 0.2) is 45.7 Å². The average molecular weight is 613 g/mol. The normalized spacial score (nSPS) is 18.8. The summed E-state index contributed by atoms with van der Waals surface area (Å²) in [5.74, 6) is -2.51. The first-order valence-electron chi connectivity index (χ1n) is 12.9. The second-order valence-corrected chi connectivity index (χ2v) is 9.96. The van der Waals surface area contributed by atoms with Crippen LogP contribution in [0, 0.1) is 18.4 Å². The molecule has 6 rings (SSSR count). The first kappa shape index (κ1) is 31.1. The zero-order valence-corrected chi connectivity index (χ0v) is 22.8. The number of hydrogen-bond donors (Lipinski definition) is 2. The number of aromatic amines is 1. The molecule has 0 spiro atoms. The number of furan rings is 1. The van der Waals surface area contributed by atoms with Crippen LogP contribution in [-0.4, -0.2) is 52.5 Å². The second kappa shape index (κ2) is 13.4. The summed E-state index contributed by atoms with van der Waals surface area (Å²) in [6.07, 6.45) is 1.82. The fourth-order valence-corrected chi connectivity index (χ4v) is 5.19. The van der Waals surface area contributed by atoms with Crippen molar-refractivity contribution < 1.29 is 36.2 Å². The number of hydrogen-bond acceptors (Lipinski definition) is 7. The molecule has 0 bridgehead atoms. The molecule has 4 aromatic rings. The van der Waals surface area contributed by atoms with Crippen molar-refractivity contribution in [2.75, 3.05) is 31.2 Å². The number of nitrogens with zero attached hydrogens (tertiary/aromatic N) is 3. The predicted molar refractivity (Wildman–Crippen MR) is 146 cm³/mol. The van der Waals surface area contributed by atoms with E-state index in [1.54, 1.807) is 0 Å². The zero-order valence-electron chi connectivity index (χ0n) is 22.0. The molecular formula is C28H26ClF5N4O4. The van der Waals surface area contributed by atoms with Gasteiger partial charge in [-0.05, 0) is 37.5 Å². The van der Waals surface area contributed by atoms with Gasteiger partial charge in [0.05, 0.1) is 17.5 Å². The van der Waals surface area contributed by atoms with Crippen LogP contribution in [0.4, 0.5) is 27.8 Å². The van der Waals surface area contributed by atoms with E-state index in [9.17, 15) is 26.7 Å². The predicted octanol–water partition coefficient (Wildman–Crippen LogP) is 6.57. The van der Waals surface area contributed by atoms with Crippen LogP contribution < -0.4 is 10.5 Å². The van der Waals surface area contributed by atoms with Gasteiger partial charge in [-0.1, -0.05) is 30.2 Å². The van der Waals surface area contributed by atoms with Crippen molar-refractivity contribution in [1.29, 1.82) is 0 Å². The van der Waals surface area contributed by atoms with Crippen LogP contribution in [0.2, 0.25) is 5.02 Å². The minimum atomic E-state index is -4.39. The number of benzene rings is 1. The van der Waals surface area contributed by atoms with Gasteiger partial charge in [0.2, 0.25) is 0 Å². The van der Waals surface area contributed by atoms with Gasteiger partial charge in [0, 0.05) is 42.8 Å². The highest BCUT2D eigenvalue weighted by Gasteiger charge is 2.47. The number of halogens is 6. The average Bonchev–Trinajstić information content (AvgIpc) is 3.63. The molecule has 14 heteroatoms. The number of terminal acetylenes is 1. The minimum absolute atomic E-state index is 0.0770. The molecule has 0 radical (unpaired) electrons. The third-order valence-electron chi connectivity index (χ3n) is 6.89. The summed E-state index contributed by atoms with van der Waals surface area (Å²) in [5.41, 5.74) is 1.17. The van der Waals surface area contributed by atoms with Crippen LogP contribution >= 0.6 is 11.6 Å². The van der Waals surface area contributed by atoms with Crippen molar-refractivity contribution in [1.82, 2.24) is 15.0 Å². The maximum absolute atomic E-state index is 13.1. The van der Waals surface area contributed by atoms with Gasteiger partial charge in [-0.15, -0.1) is 0 Å². The molecule has 42 heavy (non-hydrogen) atoms. The number of rotatable bonds is 3. The number of nitrogens with one attached hydrogen (secondary N) is 1. The molecule has 0 amide bonds. The summed E-state index contributed by atoms with van der Waals surface area (Å²) < 4.78 is 75.5. The molecule has 2 atom stereocenters. The van der Waals surface area contributed by atoms with E-state index in [4.69, 9.17) is 25.9 Å². The van der Waals surface area contributed by atoms with Crippen LogP contribution in [0.5, 0.6) is 0 Å². The molecule has 2 saturated heterocycles. The minimum Gasteiger partial charge on any atom is -0.462 e. The van der Waals surface area contributed by atoms with Gasteiger partial charge in [-0.2, -0.15) is 13.2 Å². The quantitative estimate of drug-likeness (QED) is 0.199. The molecule has 2 aliphatic heterocycles. The van der Waals surface area contributed by atoms with Crippen molar-refractivity contribution in [3.05, 3.63) is 63.3 Å². The largest absolute Gasteiger partial charge is 0.462 e. The van der Waals surface area contributed by atoms with Crippen LogP contribution in [0.25, 0.3) is 22.1 Å². The summed E-state index contributed by atoms with van der Waals surface area (Å²) in [7, 11) is 0. The number of fused-ring (bicyclic) bond motifs is 3. The zero-order chi connectivity index (χ0) is 30.4. The first-order chi connectivity index (χ1) is 20.0. The standard InChI is InChI=1S/C15H13F2N3O.C11H11ClF3NO2.C2H2O/c16-13(17)14-18-11-9-5-1-2-6-10(9)21-12(11)15(19-14)20-7-3-4-8-20;12-6-3-8(10(17)16-4-6)7-1-2-18-5-9(7)11(13,14)15;1-2-3/h1-2,5-6,13H,3-4,7-8H2;3-4,7,9H,1-2,5H2,(H,16,17);1,3H. The van der Waals surface area contributed by atoms with Crippen LogP contribution in [0.3, 0.4) is 0 Å². The SMILES string of the molecule is C#CO.FC(F)c1nc(N2CCCC2)c2oc3ccccc3c2n1.O=c1[nH]cc(Cl)cc1C1CCOCC1C(F)(F)F. The maximum atomic E-state index is 13.1. The molecule has 3 aromatic heterocycles. The van der Waals surface area contributed by atoms with E-state index in [-0.39, 0.29) is 23.6 Å². The molecule has 2 fully saturated rings. The van der Waals surface area contributed by atoms with Crippen molar-refractivity contribution >= 4 is 39.5 Å². The Kier molecular flexibility index (Phi) is 9.90. The first-order valence-corrected chi connectivity index (χ1v) is 13.3. The number of alkyl halides is 5. The maximum Gasteiger partial charge on any atom is 0.394 e. The van der Waals surface area contributed by atoms with Gasteiger partial charge in [-0.25, -0.2) is 18.7 Å². The molecule has 2 aliphatic rings. The van der Waals surface area contributed by atoms with E-state index in [1.807, 2.05) is 29.2 Å². The van der Waals surface area contributed by atoms with Gasteiger partial charge >= 0.3 is 6.18 Å². The highest BCUT2D eigenvalue weighted by Crippen LogP contribution is 2.41. The lowest BCUT2D eigenvalue weighted by Gasteiger charge is -2.32. The highest BCUT2D eigenvalue weighted by molar-refractivity contribution is 6.30. The number of aromatic nitrogens is 3. The molecule has 1 aromatic carbocycles. The lowest BCUT2D eigenvalue weighted by atomic mass is 9.83. The van der Waals surface area contributed by atoms with E-state index in [2.05, 4.69) is 21.4 Å². The fourth-order valence-electron chi connectivity index (χ4n) is 5.02. The molecule has 2 unspecified atom stereocenters. The monoisotopic (exact) mass is 612 g/mol. The number of para-hydroxylation sites is 1. The molecule has 0 saturated carbocycles. The van der Waals surface area contributed by atoms with Crippen molar-refractivity contribution in [3.8, 4) is 12.5 Å². The van der Waals surface area contributed by atoms with E-state index < -0.39 is 42.4 Å². The highest BCUT2D eigenvalue weighted by atomic mass is 35.5. The fraction of sp³-hybridized carbons (Fsp3) is 0.393. The van der Waals surface area contributed by atoms with E-state index >= 15 is 0 Å². The number of pyridine rings is 1. The molecule has 8 nitrogen and oxygen atoms in total. The summed E-state index contributed by atoms with van der Waals surface area (Å²) in [4.78, 5) is 24.0. The Morgan fingerprint density at radius 3 is 2.55 bits per heavy atom. The Hall–Kier alpha value is -3.89. The molecule has 0 aliphatic carbocycles. The Bertz CT molecular complexity index is 1610. The summed E-state index contributed by atoms with van der Waals surface area (Å²) >= 11 is 5.72. The summed E-state index contributed by atoms with van der Waals surface area (Å²) in [6, 6.07) is 8.64. The van der Waals surface area contributed by atoms with E-state index in [0.717, 1.165) is 31.3 Å². The Balaban J connectivity index is 0.000000179. The van der Waals surface area contributed by atoms with Gasteiger partial charge in [-0.3, -0.25) is 4.79 Å². The molecule has 2 N–H and O–H groups in total. The second-order valence-electron chi connectivity index (χ2n) is 9.53. The van der Waals surface area contributed by atoms with E-state index in [1.165, 1.54) is 18.4 Å². The van der Waals surface area contributed by atoms with Gasteiger partial charge in [0.15, 0.2) is 17.2 Å². The summed E-state index contributed by atoms with van der Waals surface area (Å²) in [6.45, 7) is 1.42. The smallest absolute Gasteiger partial charge is 0.394 e. The van der Waals surface area contributed by atoms with Crippen molar-refractivity contribution in [2.45, 2.75) is 37.8 Å². The lowest BCUT2D eigenvalue weighted by Crippen LogP contribution is -2.39. The lowest BCUT2D eigenvalue weighted by molar-refractivity contribution is -0.205. The number of aliphatic hydroxyl groups is 1. The summed E-state index contributed by atoms with van der Waals surface area (Å²) in [5, 5.41) is 8.06. The molecular weight excluding hydrogens is 587 g/mol. The number of ether oxygens (including phenoxy) is 1. The van der Waals surface area contributed by atoms with Crippen molar-refractivity contribution in [3.63, 3.8) is 0 Å². The van der Waals surface area contributed by atoms with E-state index in [0.29, 0.717) is 22.5 Å². The van der Waals surface area contributed by atoms with Crippen molar-refractivity contribution in [2.24, 2.45) is 5.92 Å². The Morgan fingerprint density at radius 2 is 1.88 bits per heavy atom. The van der Waals surface area contributed by atoms with Gasteiger partial charge in [0.1, 0.15) is 17.2 Å². The topological polar surface area (TPSA) is 104 Å². The molecule has 5 heterocycles. The van der Waals surface area contributed by atoms with Crippen LogP contribution in [-0.2, 0) is 4.74 Å². The number of aliphatic hydroxyl groups excluding tert-OH is 1. The Morgan fingerprint density at radius 1 is 1.19 bits per heavy atom. The number of anilines is 1. The third kappa shape index (κ3) is 6.94. The third-order valence-corrected chi connectivity index (χ3v) is 7.11. The Labute approximate surface area is 241 Å². The van der Waals surface area contributed by atoms with Gasteiger partial charge in [0.25, 0.3) is 12.0 Å². The van der Waals surface area contributed by atoms with Gasteiger partial charge < -0.3 is 24.1 Å².